The minimum atomic E-state index is -1.15. The number of aromatic nitrogens is 1. The molecule has 1 aliphatic rings. The summed E-state index contributed by atoms with van der Waals surface area (Å²) in [6, 6.07) is 8.13. The van der Waals surface area contributed by atoms with Crippen LogP contribution in [0.2, 0.25) is 0 Å². The second kappa shape index (κ2) is 20.3. The van der Waals surface area contributed by atoms with Crippen molar-refractivity contribution in [3.63, 3.8) is 0 Å². The van der Waals surface area contributed by atoms with Gasteiger partial charge in [-0.1, -0.05) is 77.8 Å². The number of nitrogens with zero attached hydrogens (tertiary/aromatic N) is 3. The Morgan fingerprint density at radius 3 is 2.25 bits per heavy atom. The number of amides is 4. The molecule has 0 aliphatic carbocycles. The number of nitrogens with two attached hydrogens (primary N) is 1. The van der Waals surface area contributed by atoms with Crippen LogP contribution in [0.1, 0.15) is 97.2 Å². The topological polar surface area (TPSA) is 156 Å². The Balaban J connectivity index is 1.81. The number of carbonyl (C=O) groups is 4. The molecule has 0 unspecified atom stereocenters. The van der Waals surface area contributed by atoms with E-state index in [0.29, 0.717) is 19.4 Å². The molecule has 13 heteroatoms. The molecule has 0 saturated carbocycles. The van der Waals surface area contributed by atoms with Crippen molar-refractivity contribution in [3.8, 4) is 0 Å². The molecule has 1 aliphatic heterocycles. The van der Waals surface area contributed by atoms with Gasteiger partial charge in [0.05, 0.1) is 48.2 Å². The first-order chi connectivity index (χ1) is 25.1. The number of carbonyl (C=O) groups excluding carboxylic acids is 4. The summed E-state index contributed by atoms with van der Waals surface area (Å²) in [4.78, 5) is 63.1. The highest BCUT2D eigenvalue weighted by atomic mass is 32.1. The summed E-state index contributed by atoms with van der Waals surface area (Å²) < 4.78 is 12.1. The van der Waals surface area contributed by atoms with Crippen LogP contribution in [0.25, 0.3) is 0 Å². The van der Waals surface area contributed by atoms with Gasteiger partial charge in [0.15, 0.2) is 0 Å². The summed E-state index contributed by atoms with van der Waals surface area (Å²) in [5.41, 5.74) is 5.99. The summed E-state index contributed by atoms with van der Waals surface area (Å²) >= 11 is 1.50. The fourth-order valence-electron chi connectivity index (χ4n) is 7.53. The first-order valence-electron chi connectivity index (χ1n) is 19.0. The van der Waals surface area contributed by atoms with Crippen LogP contribution in [-0.2, 0) is 35.1 Å². The Hall–Kier alpha value is -3.39. The van der Waals surface area contributed by atoms with Crippen molar-refractivity contribution in [2.24, 2.45) is 23.5 Å². The van der Waals surface area contributed by atoms with E-state index in [1.165, 1.54) is 11.3 Å². The molecule has 1 aromatic heterocycles. The van der Waals surface area contributed by atoms with Crippen LogP contribution in [0.5, 0.6) is 0 Å². The van der Waals surface area contributed by atoms with E-state index in [2.05, 4.69) is 29.5 Å². The number of ether oxygens (including phenoxy) is 2. The Kier molecular flexibility index (Phi) is 16.9. The average molecular weight is 757 g/mol. The third-order valence-corrected chi connectivity index (χ3v) is 11.6. The van der Waals surface area contributed by atoms with Crippen LogP contribution in [0, 0.1) is 17.8 Å². The Morgan fingerprint density at radius 1 is 1.06 bits per heavy atom. The third-order valence-electron chi connectivity index (χ3n) is 10.7. The van der Waals surface area contributed by atoms with Gasteiger partial charge in [-0.15, -0.1) is 11.3 Å². The highest BCUT2D eigenvalue weighted by Crippen LogP contribution is 2.31. The van der Waals surface area contributed by atoms with E-state index >= 15 is 0 Å². The maximum atomic E-state index is 14.3. The van der Waals surface area contributed by atoms with Gasteiger partial charge >= 0.3 is 0 Å². The maximum absolute atomic E-state index is 14.3. The lowest BCUT2D eigenvalue weighted by molar-refractivity contribution is -0.148. The van der Waals surface area contributed by atoms with Gasteiger partial charge in [0.1, 0.15) is 11.0 Å². The molecule has 1 fully saturated rings. The quantitative estimate of drug-likeness (QED) is 0.175. The van der Waals surface area contributed by atoms with E-state index in [9.17, 15) is 19.2 Å². The van der Waals surface area contributed by atoms with E-state index in [-0.39, 0.29) is 48.1 Å². The normalized spacial score (nSPS) is 18.3. The molecule has 0 bridgehead atoms. The van der Waals surface area contributed by atoms with Crippen molar-refractivity contribution in [1.82, 2.24) is 25.4 Å². The van der Waals surface area contributed by atoms with Crippen LogP contribution in [0.4, 0.5) is 0 Å². The summed E-state index contributed by atoms with van der Waals surface area (Å²) in [6.07, 6.45) is 4.22. The van der Waals surface area contributed by atoms with Gasteiger partial charge in [-0.3, -0.25) is 19.2 Å². The van der Waals surface area contributed by atoms with E-state index in [4.69, 9.17) is 15.2 Å². The molecule has 3 rings (SSSR count). The maximum Gasteiger partial charge on any atom is 0.245 e. The highest BCUT2D eigenvalue weighted by Gasteiger charge is 2.43. The SMILES string of the molecule is CCC(CC)[C@@H]([C@@H](CC(=O)N1CCC[C@H]1[C@H](OC)[C@@H](C)C(=O)N[C@@H](Cc1ccccc1)c1nccs1)OC)N(C)C(=O)[C@@H](NC(=O)C(C)(C)N)C(C)C. The van der Waals surface area contributed by atoms with Crippen molar-refractivity contribution in [1.29, 1.82) is 0 Å². The number of likely N-dealkylation sites (tertiary alicyclic amines) is 1. The first kappa shape index (κ1) is 44.0. The number of hydrogen-bond acceptors (Lipinski definition) is 9. The molecule has 0 spiro atoms. The smallest absolute Gasteiger partial charge is 0.245 e. The molecule has 4 amide bonds. The van der Waals surface area contributed by atoms with Crippen molar-refractivity contribution in [2.45, 2.75) is 129 Å². The Morgan fingerprint density at radius 2 is 1.72 bits per heavy atom. The molecule has 2 aromatic rings. The predicted molar refractivity (Wildman–Crippen MR) is 209 cm³/mol. The lowest BCUT2D eigenvalue weighted by atomic mass is 9.86. The van der Waals surface area contributed by atoms with E-state index in [1.807, 2.05) is 61.4 Å². The number of likely N-dealkylation sites (N-methyl/N-ethyl adjacent to an activating group) is 1. The van der Waals surface area contributed by atoms with Gasteiger partial charge in [0.2, 0.25) is 23.6 Å². The van der Waals surface area contributed by atoms with E-state index < -0.39 is 41.7 Å². The minimum absolute atomic E-state index is 0.0302. The van der Waals surface area contributed by atoms with Gasteiger partial charge in [0, 0.05) is 39.4 Å². The molecule has 0 radical (unpaired) electrons. The lowest BCUT2D eigenvalue weighted by Gasteiger charge is -2.41. The van der Waals surface area contributed by atoms with Crippen molar-refractivity contribution in [3.05, 3.63) is 52.5 Å². The largest absolute Gasteiger partial charge is 0.379 e. The lowest BCUT2D eigenvalue weighted by Crippen LogP contribution is -2.60. The monoisotopic (exact) mass is 756 g/mol. The average Bonchev–Trinajstić information content (AvgIpc) is 3.85. The molecule has 53 heavy (non-hydrogen) atoms. The molecule has 1 aromatic carbocycles. The molecular weight excluding hydrogens is 693 g/mol. The highest BCUT2D eigenvalue weighted by molar-refractivity contribution is 7.09. The van der Waals surface area contributed by atoms with Crippen LogP contribution in [0.3, 0.4) is 0 Å². The summed E-state index contributed by atoms with van der Waals surface area (Å²) in [6.45, 7) is 13.5. The Bertz CT molecular complexity index is 1450. The van der Waals surface area contributed by atoms with Gasteiger partial charge in [-0.2, -0.15) is 0 Å². The van der Waals surface area contributed by atoms with Crippen LogP contribution >= 0.6 is 11.3 Å². The van der Waals surface area contributed by atoms with Gasteiger partial charge in [-0.05, 0) is 50.5 Å². The summed E-state index contributed by atoms with van der Waals surface area (Å²) in [7, 11) is 4.90. The standard InChI is InChI=1S/C40H64N6O6S/c1-11-28(12-2)34(45(8)38(49)33(25(3)4)44-39(50)40(6,7)41)31(51-9)24-32(47)46-21-16-19-30(46)35(52-10)26(5)36(48)43-29(37-42-20-22-53-37)23-27-17-14-13-15-18-27/h13-15,17-18,20,22,25-26,28-31,33-35H,11-12,16,19,21,23-24,41H2,1-10H3,(H,43,48)(H,44,50)/t26-,29+,30+,31-,33+,34+,35-/m1/s1. The predicted octanol–water partition coefficient (Wildman–Crippen LogP) is 4.73. The molecule has 4 N–H and O–H groups in total. The zero-order valence-electron chi connectivity index (χ0n) is 33.5. The molecule has 296 valence electrons. The second-order valence-electron chi connectivity index (χ2n) is 15.3. The fraction of sp³-hybridized carbons (Fsp3) is 0.675. The zero-order chi connectivity index (χ0) is 39.5. The Labute approximate surface area is 320 Å². The van der Waals surface area contributed by atoms with Crippen molar-refractivity contribution >= 4 is 35.0 Å². The van der Waals surface area contributed by atoms with Gasteiger partial charge in [0.25, 0.3) is 0 Å². The molecule has 12 nitrogen and oxygen atoms in total. The number of thiazole rings is 1. The third kappa shape index (κ3) is 11.6. The first-order valence-corrected chi connectivity index (χ1v) is 19.9. The number of hydrogen-bond donors (Lipinski definition) is 3. The minimum Gasteiger partial charge on any atom is -0.379 e. The molecular formula is C40H64N6O6S. The molecule has 2 heterocycles. The fourth-order valence-corrected chi connectivity index (χ4v) is 8.22. The number of nitrogens with one attached hydrogen (secondary N) is 2. The van der Waals surface area contributed by atoms with Crippen LogP contribution in [-0.4, -0.2) is 102 Å². The molecule has 7 atom stereocenters. The van der Waals surface area contributed by atoms with Crippen molar-refractivity contribution in [2.75, 3.05) is 27.8 Å². The number of benzene rings is 1. The molecule has 1 saturated heterocycles. The van der Waals surface area contributed by atoms with Gasteiger partial charge < -0.3 is 35.6 Å². The van der Waals surface area contributed by atoms with Crippen LogP contribution < -0.4 is 16.4 Å². The van der Waals surface area contributed by atoms with Crippen molar-refractivity contribution < 1.29 is 28.7 Å². The van der Waals surface area contributed by atoms with Crippen LogP contribution in [0.15, 0.2) is 41.9 Å². The van der Waals surface area contributed by atoms with Gasteiger partial charge in [-0.25, -0.2) is 4.98 Å². The van der Waals surface area contributed by atoms with E-state index in [0.717, 1.165) is 29.8 Å². The van der Waals surface area contributed by atoms with E-state index in [1.54, 1.807) is 46.2 Å². The zero-order valence-corrected chi connectivity index (χ0v) is 34.3. The number of rotatable bonds is 20. The number of methoxy groups -OCH3 is 2. The summed E-state index contributed by atoms with van der Waals surface area (Å²) in [5.74, 6) is -1.69. The summed E-state index contributed by atoms with van der Waals surface area (Å²) in [5, 5.41) is 8.82. The second-order valence-corrected chi connectivity index (χ2v) is 16.2.